The van der Waals surface area contributed by atoms with Gasteiger partial charge in [-0.1, -0.05) is 23.7 Å². The summed E-state index contributed by atoms with van der Waals surface area (Å²) < 4.78 is 0. The highest BCUT2D eigenvalue weighted by Crippen LogP contribution is 2.39. The molecule has 1 fully saturated rings. The Hall–Kier alpha value is -3.65. The first kappa shape index (κ1) is 21.2. The fourth-order valence-electron chi connectivity index (χ4n) is 3.70. The van der Waals surface area contributed by atoms with Gasteiger partial charge in [-0.2, -0.15) is 4.98 Å². The third kappa shape index (κ3) is 4.21. The third-order valence-corrected chi connectivity index (χ3v) is 6.12. The van der Waals surface area contributed by atoms with Crippen LogP contribution in [0.5, 0.6) is 0 Å². The molecule has 3 aromatic rings. The molecule has 8 nitrogen and oxygen atoms in total. The fraction of sp³-hybridized carbons (Fsp3) is 0.250. The number of aromatic nitrogens is 2. The molecule has 5 rings (SSSR count). The molecular weight excluding hydrogens is 440 g/mol. The molecule has 4 N–H and O–H groups in total. The molecule has 9 heteroatoms. The van der Waals surface area contributed by atoms with Crippen LogP contribution in [-0.2, 0) is 10.2 Å². The van der Waals surface area contributed by atoms with Crippen molar-refractivity contribution in [3.05, 3.63) is 64.8 Å². The molecule has 0 radical (unpaired) electrons. The van der Waals surface area contributed by atoms with E-state index < -0.39 is 5.41 Å². The van der Waals surface area contributed by atoms with Crippen molar-refractivity contribution in [2.45, 2.75) is 38.1 Å². The van der Waals surface area contributed by atoms with Gasteiger partial charge in [-0.25, -0.2) is 4.98 Å². The van der Waals surface area contributed by atoms with Crippen molar-refractivity contribution in [3.8, 4) is 0 Å². The predicted molar refractivity (Wildman–Crippen MR) is 129 cm³/mol. The van der Waals surface area contributed by atoms with Gasteiger partial charge in [0, 0.05) is 17.4 Å². The monoisotopic (exact) mass is 462 g/mol. The van der Waals surface area contributed by atoms with Crippen molar-refractivity contribution < 1.29 is 9.59 Å². The second-order valence-electron chi connectivity index (χ2n) is 8.77. The Balaban J connectivity index is 1.39. The van der Waals surface area contributed by atoms with Crippen LogP contribution < -0.4 is 21.3 Å². The summed E-state index contributed by atoms with van der Waals surface area (Å²) >= 11 is 6.34. The summed E-state index contributed by atoms with van der Waals surface area (Å²) in [4.78, 5) is 33.6. The SMILES string of the molecule is CC1(C)C(=O)Nc2ccc(Nc3ncc(Cl)c(Nc4ccccc4C(=O)NC4CC4)n3)cc21. The summed E-state index contributed by atoms with van der Waals surface area (Å²) in [6, 6.07) is 13.1. The van der Waals surface area contributed by atoms with Gasteiger partial charge in [-0.3, -0.25) is 9.59 Å². The highest BCUT2D eigenvalue weighted by molar-refractivity contribution is 6.33. The van der Waals surface area contributed by atoms with E-state index in [0.29, 0.717) is 28.0 Å². The number of benzene rings is 2. The van der Waals surface area contributed by atoms with Gasteiger partial charge >= 0.3 is 0 Å². The van der Waals surface area contributed by atoms with E-state index in [0.717, 1.165) is 29.8 Å². The smallest absolute Gasteiger partial charge is 0.253 e. The maximum Gasteiger partial charge on any atom is 0.253 e. The summed E-state index contributed by atoms with van der Waals surface area (Å²) in [5, 5.41) is 12.6. The van der Waals surface area contributed by atoms with Gasteiger partial charge in [0.05, 0.1) is 22.9 Å². The topological polar surface area (TPSA) is 108 Å². The van der Waals surface area contributed by atoms with Gasteiger partial charge in [0.2, 0.25) is 11.9 Å². The van der Waals surface area contributed by atoms with Crippen molar-refractivity contribution in [2.75, 3.05) is 16.0 Å². The first-order valence-corrected chi connectivity index (χ1v) is 11.1. The Bertz CT molecular complexity index is 1270. The maximum absolute atomic E-state index is 12.6. The number of halogens is 1. The number of nitrogens with one attached hydrogen (secondary N) is 4. The van der Waals surface area contributed by atoms with Crippen LogP contribution in [0.1, 0.15) is 42.6 Å². The van der Waals surface area contributed by atoms with Crippen molar-refractivity contribution in [1.29, 1.82) is 0 Å². The zero-order chi connectivity index (χ0) is 23.2. The minimum absolute atomic E-state index is 0.0340. The van der Waals surface area contributed by atoms with Gasteiger partial charge in [-0.15, -0.1) is 0 Å². The van der Waals surface area contributed by atoms with E-state index in [1.807, 2.05) is 44.2 Å². The van der Waals surface area contributed by atoms with Crippen LogP contribution in [0.2, 0.25) is 5.02 Å². The molecule has 33 heavy (non-hydrogen) atoms. The molecule has 0 saturated heterocycles. The minimum Gasteiger partial charge on any atom is -0.349 e. The predicted octanol–water partition coefficient (Wildman–Crippen LogP) is 4.74. The van der Waals surface area contributed by atoms with Crippen LogP contribution in [0.15, 0.2) is 48.7 Å². The van der Waals surface area contributed by atoms with E-state index in [1.165, 1.54) is 6.20 Å². The standard InChI is InChI=1S/C24H23ClN6O2/c1-24(2)16-11-14(9-10-19(16)30-22(24)33)28-23-26-12-17(25)20(31-23)29-18-6-4-3-5-15(18)21(32)27-13-7-8-13/h3-6,9-13H,7-8H2,1-2H3,(H,27,32)(H,30,33)(H2,26,28,29,31). The van der Waals surface area contributed by atoms with Crippen LogP contribution in [0.4, 0.5) is 28.8 Å². The van der Waals surface area contributed by atoms with Gasteiger partial charge < -0.3 is 21.3 Å². The Morgan fingerprint density at radius 2 is 1.94 bits per heavy atom. The lowest BCUT2D eigenvalue weighted by molar-refractivity contribution is -0.119. The fourth-order valence-corrected chi connectivity index (χ4v) is 3.84. The number of hydrogen-bond donors (Lipinski definition) is 4. The number of para-hydroxylation sites is 1. The van der Waals surface area contributed by atoms with Crippen molar-refractivity contribution in [3.63, 3.8) is 0 Å². The number of carbonyl (C=O) groups excluding carboxylic acids is 2. The number of carbonyl (C=O) groups is 2. The molecule has 0 unspecified atom stereocenters. The highest BCUT2D eigenvalue weighted by Gasteiger charge is 2.38. The molecule has 0 bridgehead atoms. The largest absolute Gasteiger partial charge is 0.349 e. The average Bonchev–Trinajstić information content (AvgIpc) is 3.57. The molecule has 2 amide bonds. The van der Waals surface area contributed by atoms with Crippen molar-refractivity contribution >= 4 is 52.2 Å². The molecule has 0 atom stereocenters. The van der Waals surface area contributed by atoms with Crippen molar-refractivity contribution in [1.82, 2.24) is 15.3 Å². The number of hydrogen-bond acceptors (Lipinski definition) is 6. The van der Waals surface area contributed by atoms with E-state index in [9.17, 15) is 9.59 Å². The van der Waals surface area contributed by atoms with E-state index in [1.54, 1.807) is 12.1 Å². The Morgan fingerprint density at radius 3 is 2.73 bits per heavy atom. The minimum atomic E-state index is -0.620. The Morgan fingerprint density at radius 1 is 1.15 bits per heavy atom. The average molecular weight is 463 g/mol. The van der Waals surface area contributed by atoms with Gasteiger partial charge in [0.1, 0.15) is 5.02 Å². The van der Waals surface area contributed by atoms with E-state index in [4.69, 9.17) is 11.6 Å². The molecule has 2 aliphatic rings. The zero-order valence-electron chi connectivity index (χ0n) is 18.2. The Labute approximate surface area is 196 Å². The highest BCUT2D eigenvalue weighted by atomic mass is 35.5. The summed E-state index contributed by atoms with van der Waals surface area (Å²) in [7, 11) is 0. The summed E-state index contributed by atoms with van der Waals surface area (Å²) in [5.41, 5.74) is 2.95. The van der Waals surface area contributed by atoms with Crippen LogP contribution in [0.25, 0.3) is 0 Å². The van der Waals surface area contributed by atoms with Crippen LogP contribution >= 0.6 is 11.6 Å². The number of anilines is 5. The number of nitrogens with zero attached hydrogens (tertiary/aromatic N) is 2. The molecular formula is C24H23ClN6O2. The lowest BCUT2D eigenvalue weighted by Gasteiger charge is -2.16. The normalized spacial score (nSPS) is 16.0. The third-order valence-electron chi connectivity index (χ3n) is 5.85. The molecule has 1 aliphatic heterocycles. The lowest BCUT2D eigenvalue weighted by Crippen LogP contribution is -2.26. The number of fused-ring (bicyclic) bond motifs is 1. The van der Waals surface area contributed by atoms with E-state index in [-0.39, 0.29) is 17.9 Å². The molecule has 1 aliphatic carbocycles. The van der Waals surface area contributed by atoms with Gasteiger partial charge in [0.15, 0.2) is 5.82 Å². The lowest BCUT2D eigenvalue weighted by atomic mass is 9.86. The molecule has 168 valence electrons. The first-order chi connectivity index (χ1) is 15.8. The van der Waals surface area contributed by atoms with Gasteiger partial charge in [0.25, 0.3) is 5.91 Å². The Kier molecular flexibility index (Phi) is 5.17. The van der Waals surface area contributed by atoms with Gasteiger partial charge in [-0.05, 0) is 62.6 Å². The van der Waals surface area contributed by atoms with E-state index >= 15 is 0 Å². The molecule has 1 aromatic heterocycles. The second-order valence-corrected chi connectivity index (χ2v) is 9.18. The van der Waals surface area contributed by atoms with Crippen molar-refractivity contribution in [2.24, 2.45) is 0 Å². The second kappa shape index (κ2) is 8.04. The first-order valence-electron chi connectivity index (χ1n) is 10.7. The molecule has 2 aromatic carbocycles. The molecule has 0 spiro atoms. The molecule has 2 heterocycles. The van der Waals surface area contributed by atoms with Crippen LogP contribution in [-0.4, -0.2) is 27.8 Å². The zero-order valence-corrected chi connectivity index (χ0v) is 19.0. The summed E-state index contributed by atoms with van der Waals surface area (Å²) in [6.45, 7) is 3.77. The number of amides is 2. The summed E-state index contributed by atoms with van der Waals surface area (Å²) in [5.74, 6) is 0.539. The van der Waals surface area contributed by atoms with Crippen LogP contribution in [0, 0.1) is 0 Å². The number of rotatable bonds is 6. The summed E-state index contributed by atoms with van der Waals surface area (Å²) in [6.07, 6.45) is 3.52. The maximum atomic E-state index is 12.6. The quantitative estimate of drug-likeness (QED) is 0.421. The van der Waals surface area contributed by atoms with Crippen LogP contribution in [0.3, 0.4) is 0 Å². The molecule has 1 saturated carbocycles. The van der Waals surface area contributed by atoms with E-state index in [2.05, 4.69) is 31.2 Å².